The SMILES string of the molecule is Cc1nnc(N2CCN(S(=O)(=O)Cc3ccccc3C)CC2)o1. The normalized spacial score (nSPS) is 16.7. The van der Waals surface area contributed by atoms with E-state index in [-0.39, 0.29) is 5.75 Å². The predicted octanol–water partition coefficient (Wildman–Crippen LogP) is 1.34. The molecular formula is C15H20N4O3S. The Hall–Kier alpha value is -1.93. The molecule has 1 aliphatic rings. The van der Waals surface area contributed by atoms with E-state index in [0.717, 1.165) is 11.1 Å². The van der Waals surface area contributed by atoms with Crippen molar-refractivity contribution in [3.05, 3.63) is 41.3 Å². The molecule has 1 fully saturated rings. The summed E-state index contributed by atoms with van der Waals surface area (Å²) in [5.74, 6) is 0.550. The molecule has 0 N–H and O–H groups in total. The first-order valence-electron chi connectivity index (χ1n) is 7.53. The molecule has 1 saturated heterocycles. The van der Waals surface area contributed by atoms with E-state index < -0.39 is 10.0 Å². The van der Waals surface area contributed by atoms with Gasteiger partial charge in [0.1, 0.15) is 0 Å². The van der Waals surface area contributed by atoms with Crippen LogP contribution in [0.5, 0.6) is 0 Å². The second-order valence-electron chi connectivity index (χ2n) is 5.67. The van der Waals surface area contributed by atoms with E-state index in [1.54, 1.807) is 11.2 Å². The highest BCUT2D eigenvalue weighted by Crippen LogP contribution is 2.19. The zero-order chi connectivity index (χ0) is 16.4. The van der Waals surface area contributed by atoms with Crippen molar-refractivity contribution in [1.82, 2.24) is 14.5 Å². The number of piperazine rings is 1. The molecule has 0 unspecified atom stereocenters. The number of hydrogen-bond acceptors (Lipinski definition) is 6. The topological polar surface area (TPSA) is 79.5 Å². The van der Waals surface area contributed by atoms with Crippen molar-refractivity contribution in [3.63, 3.8) is 0 Å². The zero-order valence-corrected chi connectivity index (χ0v) is 14.1. The zero-order valence-electron chi connectivity index (χ0n) is 13.3. The molecule has 23 heavy (non-hydrogen) atoms. The van der Waals surface area contributed by atoms with Crippen molar-refractivity contribution in [2.45, 2.75) is 19.6 Å². The van der Waals surface area contributed by atoms with Gasteiger partial charge in [0.2, 0.25) is 15.9 Å². The Morgan fingerprint density at radius 3 is 2.39 bits per heavy atom. The summed E-state index contributed by atoms with van der Waals surface area (Å²) in [5.41, 5.74) is 1.85. The molecule has 1 aliphatic heterocycles. The van der Waals surface area contributed by atoms with Crippen LogP contribution in [0.15, 0.2) is 28.7 Å². The van der Waals surface area contributed by atoms with Gasteiger partial charge in [-0.2, -0.15) is 4.31 Å². The van der Waals surface area contributed by atoms with Gasteiger partial charge in [-0.25, -0.2) is 8.42 Å². The standard InChI is InChI=1S/C15H20N4O3S/c1-12-5-3-4-6-14(12)11-23(20,21)19-9-7-18(8-10-19)15-17-16-13(2)22-15/h3-6H,7-11H2,1-2H3. The van der Waals surface area contributed by atoms with Crippen LogP contribution in [0.1, 0.15) is 17.0 Å². The molecule has 3 rings (SSSR count). The maximum atomic E-state index is 12.6. The molecule has 124 valence electrons. The van der Waals surface area contributed by atoms with Crippen molar-refractivity contribution >= 4 is 16.0 Å². The fraction of sp³-hybridized carbons (Fsp3) is 0.467. The number of aromatic nitrogens is 2. The Labute approximate surface area is 136 Å². The molecule has 0 bridgehead atoms. The molecule has 0 radical (unpaired) electrons. The Morgan fingerprint density at radius 1 is 1.09 bits per heavy atom. The van der Waals surface area contributed by atoms with Gasteiger partial charge in [-0.3, -0.25) is 0 Å². The highest BCUT2D eigenvalue weighted by atomic mass is 32.2. The molecule has 0 spiro atoms. The number of benzene rings is 1. The van der Waals surface area contributed by atoms with Crippen LogP contribution in [0, 0.1) is 13.8 Å². The first kappa shape index (κ1) is 15.9. The molecule has 0 aliphatic carbocycles. The summed E-state index contributed by atoms with van der Waals surface area (Å²) in [6.07, 6.45) is 0. The molecule has 8 heteroatoms. The third-order valence-electron chi connectivity index (χ3n) is 4.02. The van der Waals surface area contributed by atoms with Crippen molar-refractivity contribution < 1.29 is 12.8 Å². The number of rotatable bonds is 4. The van der Waals surface area contributed by atoms with Gasteiger partial charge in [-0.15, -0.1) is 5.10 Å². The van der Waals surface area contributed by atoms with Crippen LogP contribution in [-0.4, -0.2) is 49.1 Å². The molecule has 1 aromatic heterocycles. The third kappa shape index (κ3) is 3.53. The lowest BCUT2D eigenvalue weighted by Gasteiger charge is -2.32. The number of hydrogen-bond donors (Lipinski definition) is 0. The Bertz CT molecular complexity index is 780. The highest BCUT2D eigenvalue weighted by Gasteiger charge is 2.29. The summed E-state index contributed by atoms with van der Waals surface area (Å²) < 4.78 is 32.2. The minimum atomic E-state index is -3.32. The van der Waals surface area contributed by atoms with Gasteiger partial charge in [0, 0.05) is 33.1 Å². The smallest absolute Gasteiger partial charge is 0.318 e. The lowest BCUT2D eigenvalue weighted by atomic mass is 10.1. The van der Waals surface area contributed by atoms with Crippen LogP contribution in [0.25, 0.3) is 0 Å². The van der Waals surface area contributed by atoms with E-state index in [9.17, 15) is 8.42 Å². The molecular weight excluding hydrogens is 316 g/mol. The highest BCUT2D eigenvalue weighted by molar-refractivity contribution is 7.88. The fourth-order valence-corrected chi connectivity index (χ4v) is 4.25. The monoisotopic (exact) mass is 336 g/mol. The first-order valence-corrected chi connectivity index (χ1v) is 9.14. The van der Waals surface area contributed by atoms with E-state index in [1.807, 2.05) is 36.1 Å². The summed E-state index contributed by atoms with van der Waals surface area (Å²) in [7, 11) is -3.32. The van der Waals surface area contributed by atoms with Crippen molar-refractivity contribution in [2.75, 3.05) is 31.1 Å². The summed E-state index contributed by atoms with van der Waals surface area (Å²) in [4.78, 5) is 1.92. The Kier molecular flexibility index (Phi) is 4.36. The van der Waals surface area contributed by atoms with Crippen molar-refractivity contribution in [1.29, 1.82) is 0 Å². The van der Waals surface area contributed by atoms with Gasteiger partial charge in [-0.05, 0) is 18.1 Å². The average Bonchev–Trinajstić information content (AvgIpc) is 2.96. The van der Waals surface area contributed by atoms with E-state index in [2.05, 4.69) is 10.2 Å². The molecule has 0 amide bonds. The summed E-state index contributed by atoms with van der Waals surface area (Å²) in [6.45, 7) is 5.62. The maximum absolute atomic E-state index is 12.6. The van der Waals surface area contributed by atoms with Crippen molar-refractivity contribution in [2.24, 2.45) is 0 Å². The average molecular weight is 336 g/mol. The third-order valence-corrected chi connectivity index (χ3v) is 5.84. The summed E-state index contributed by atoms with van der Waals surface area (Å²) in [5, 5.41) is 7.78. The number of anilines is 1. The van der Waals surface area contributed by atoms with E-state index >= 15 is 0 Å². The van der Waals surface area contributed by atoms with Gasteiger partial charge in [0.25, 0.3) is 0 Å². The second-order valence-corrected chi connectivity index (χ2v) is 7.64. The minimum absolute atomic E-state index is 0.0410. The number of sulfonamides is 1. The molecule has 2 aromatic rings. The van der Waals surface area contributed by atoms with Gasteiger partial charge >= 0.3 is 6.01 Å². The molecule has 7 nitrogen and oxygen atoms in total. The molecule has 1 aromatic carbocycles. The molecule has 0 atom stereocenters. The van der Waals surface area contributed by atoms with Crippen LogP contribution in [-0.2, 0) is 15.8 Å². The lowest BCUT2D eigenvalue weighted by Crippen LogP contribution is -2.49. The fourth-order valence-electron chi connectivity index (χ4n) is 2.63. The van der Waals surface area contributed by atoms with Crippen LogP contribution >= 0.6 is 0 Å². The van der Waals surface area contributed by atoms with Gasteiger partial charge < -0.3 is 9.32 Å². The van der Waals surface area contributed by atoms with Crippen LogP contribution in [0.4, 0.5) is 6.01 Å². The summed E-state index contributed by atoms with van der Waals surface area (Å²) >= 11 is 0. The van der Waals surface area contributed by atoms with E-state index in [4.69, 9.17) is 4.42 Å². The summed E-state index contributed by atoms with van der Waals surface area (Å²) in [6, 6.07) is 8.04. The molecule has 2 heterocycles. The maximum Gasteiger partial charge on any atom is 0.318 e. The minimum Gasteiger partial charge on any atom is -0.408 e. The Morgan fingerprint density at radius 2 is 1.78 bits per heavy atom. The van der Waals surface area contributed by atoms with Gasteiger partial charge in [0.15, 0.2) is 0 Å². The van der Waals surface area contributed by atoms with Crippen LogP contribution in [0.3, 0.4) is 0 Å². The van der Waals surface area contributed by atoms with Crippen molar-refractivity contribution in [3.8, 4) is 0 Å². The lowest BCUT2D eigenvalue weighted by molar-refractivity contribution is 0.369. The Balaban J connectivity index is 1.65. The predicted molar refractivity (Wildman–Crippen MR) is 86.6 cm³/mol. The molecule has 0 saturated carbocycles. The first-order chi connectivity index (χ1) is 11.0. The second kappa shape index (κ2) is 6.29. The van der Waals surface area contributed by atoms with Crippen LogP contribution in [0.2, 0.25) is 0 Å². The quantitative estimate of drug-likeness (QED) is 0.838. The van der Waals surface area contributed by atoms with Gasteiger partial charge in [-0.1, -0.05) is 29.4 Å². The van der Waals surface area contributed by atoms with Gasteiger partial charge in [0.05, 0.1) is 5.75 Å². The van der Waals surface area contributed by atoms with E-state index in [1.165, 1.54) is 0 Å². The number of aryl methyl sites for hydroxylation is 2. The number of nitrogens with zero attached hydrogens (tertiary/aromatic N) is 4. The van der Waals surface area contributed by atoms with E-state index in [0.29, 0.717) is 38.1 Å². The van der Waals surface area contributed by atoms with Crippen LogP contribution < -0.4 is 4.90 Å². The largest absolute Gasteiger partial charge is 0.408 e.